The van der Waals surface area contributed by atoms with Gasteiger partial charge in [0.05, 0.1) is 10.3 Å². The molecule has 0 bridgehead atoms. The van der Waals surface area contributed by atoms with Crippen molar-refractivity contribution in [2.24, 2.45) is 5.92 Å². The molecule has 2 fully saturated rings. The van der Waals surface area contributed by atoms with E-state index in [2.05, 4.69) is 10.2 Å². The third-order valence-corrected chi connectivity index (χ3v) is 8.19. The van der Waals surface area contributed by atoms with Crippen LogP contribution in [0.15, 0.2) is 23.1 Å². The zero-order valence-corrected chi connectivity index (χ0v) is 17.0. The number of hydrogen-bond donors (Lipinski definition) is 1. The number of carbonyl (C=O) groups excluding carboxylic acids is 1. The fourth-order valence-electron chi connectivity index (χ4n) is 4.53. The molecule has 0 aromatic heterocycles. The van der Waals surface area contributed by atoms with Gasteiger partial charge in [-0.15, -0.1) is 0 Å². The molecule has 1 aromatic carbocycles. The average Bonchev–Trinajstić information content (AvgIpc) is 3.19. The highest BCUT2D eigenvalue weighted by molar-refractivity contribution is 7.89. The number of piperidine rings is 1. The number of rotatable bonds is 4. The maximum absolute atomic E-state index is 13.2. The summed E-state index contributed by atoms with van der Waals surface area (Å²) in [6.45, 7) is 8.12. The Kier molecular flexibility index (Phi) is 4.81. The summed E-state index contributed by atoms with van der Waals surface area (Å²) in [5, 5.41) is 2.84. The van der Waals surface area contributed by atoms with Crippen LogP contribution in [0.1, 0.15) is 45.1 Å². The Balaban J connectivity index is 1.50. The van der Waals surface area contributed by atoms with Gasteiger partial charge in [0.2, 0.25) is 15.9 Å². The molecule has 1 N–H and O–H groups in total. The quantitative estimate of drug-likeness (QED) is 0.856. The topological polar surface area (TPSA) is 69.7 Å². The summed E-state index contributed by atoms with van der Waals surface area (Å²) in [4.78, 5) is 14.9. The summed E-state index contributed by atoms with van der Waals surface area (Å²) in [5.41, 5.74) is 0.772. The molecular formula is C20H29N3O3S. The number of sulfonamides is 1. The van der Waals surface area contributed by atoms with Crippen LogP contribution in [-0.4, -0.2) is 56.3 Å². The average molecular weight is 392 g/mol. The van der Waals surface area contributed by atoms with Gasteiger partial charge in [0.25, 0.3) is 0 Å². The number of nitrogens with one attached hydrogen (secondary N) is 1. The zero-order valence-electron chi connectivity index (χ0n) is 16.2. The summed E-state index contributed by atoms with van der Waals surface area (Å²) < 4.78 is 28.0. The van der Waals surface area contributed by atoms with Crippen LogP contribution < -0.4 is 5.32 Å². The van der Waals surface area contributed by atoms with E-state index >= 15 is 0 Å². The molecule has 1 atom stereocenters. The highest BCUT2D eigenvalue weighted by atomic mass is 32.2. The summed E-state index contributed by atoms with van der Waals surface area (Å²) in [6, 6.07) is 5.02. The van der Waals surface area contributed by atoms with Gasteiger partial charge in [-0.3, -0.25) is 4.79 Å². The number of likely N-dealkylation sites (tertiary alicyclic amines) is 1. The molecule has 4 rings (SSSR count). The van der Waals surface area contributed by atoms with Crippen molar-refractivity contribution in [2.45, 2.75) is 49.8 Å². The van der Waals surface area contributed by atoms with Crippen molar-refractivity contribution in [3.05, 3.63) is 23.8 Å². The lowest BCUT2D eigenvalue weighted by molar-refractivity contribution is -0.119. The Morgan fingerprint density at radius 3 is 2.63 bits per heavy atom. The molecule has 3 heterocycles. The Labute approximate surface area is 162 Å². The lowest BCUT2D eigenvalue weighted by Crippen LogP contribution is -2.36. The van der Waals surface area contributed by atoms with Gasteiger partial charge in [-0.2, -0.15) is 4.31 Å². The number of anilines is 1. The normalized spacial score (nSPS) is 26.1. The summed E-state index contributed by atoms with van der Waals surface area (Å²) in [5.74, 6) is 0.321. The minimum atomic E-state index is -3.53. The fourth-order valence-corrected chi connectivity index (χ4v) is 6.09. The van der Waals surface area contributed by atoms with Gasteiger partial charge in [-0.1, -0.05) is 6.42 Å². The van der Waals surface area contributed by atoms with Crippen LogP contribution in [-0.2, 0) is 20.2 Å². The first-order chi connectivity index (χ1) is 12.8. The van der Waals surface area contributed by atoms with E-state index in [1.54, 1.807) is 22.5 Å². The van der Waals surface area contributed by atoms with E-state index in [9.17, 15) is 13.2 Å². The second-order valence-electron chi connectivity index (χ2n) is 8.67. The van der Waals surface area contributed by atoms with Crippen molar-refractivity contribution in [1.82, 2.24) is 9.21 Å². The first kappa shape index (κ1) is 18.9. The van der Waals surface area contributed by atoms with Crippen molar-refractivity contribution in [1.29, 1.82) is 0 Å². The molecule has 6 nitrogen and oxygen atoms in total. The van der Waals surface area contributed by atoms with Crippen molar-refractivity contribution in [2.75, 3.05) is 38.0 Å². The molecule has 7 heteroatoms. The van der Waals surface area contributed by atoms with Crippen LogP contribution in [0.5, 0.6) is 0 Å². The molecule has 0 aliphatic carbocycles. The van der Waals surface area contributed by atoms with E-state index in [0.29, 0.717) is 29.6 Å². The molecule has 0 spiro atoms. The number of nitrogens with zero attached hydrogens (tertiary/aromatic N) is 2. The molecular weight excluding hydrogens is 362 g/mol. The standard InChI is InChI=1S/C20H29N3O3S/c1-20(2)17-12-16(6-7-18(17)21-19(20)24)27(25,26)23-11-8-15(14-23)13-22-9-4-3-5-10-22/h6-7,12,15H,3-5,8-11,13-14H2,1-2H3,(H,21,24)/t15-/m0/s1. The number of amides is 1. The molecule has 148 valence electrons. The third kappa shape index (κ3) is 3.41. The predicted molar refractivity (Wildman–Crippen MR) is 105 cm³/mol. The number of hydrogen-bond acceptors (Lipinski definition) is 4. The maximum Gasteiger partial charge on any atom is 0.243 e. The summed E-state index contributed by atoms with van der Waals surface area (Å²) in [6.07, 6.45) is 4.75. The number of benzene rings is 1. The second kappa shape index (κ2) is 6.87. The Bertz CT molecular complexity index is 844. The minimum Gasteiger partial charge on any atom is -0.325 e. The minimum absolute atomic E-state index is 0.0881. The third-order valence-electron chi connectivity index (χ3n) is 6.33. The van der Waals surface area contributed by atoms with E-state index in [4.69, 9.17) is 0 Å². The monoisotopic (exact) mass is 391 g/mol. The van der Waals surface area contributed by atoms with E-state index in [-0.39, 0.29) is 5.91 Å². The van der Waals surface area contributed by atoms with E-state index in [1.807, 2.05) is 13.8 Å². The molecule has 3 aliphatic heterocycles. The Hall–Kier alpha value is -1.44. The molecule has 2 saturated heterocycles. The highest BCUT2D eigenvalue weighted by Gasteiger charge is 2.40. The van der Waals surface area contributed by atoms with Crippen LogP contribution in [0.4, 0.5) is 5.69 Å². The first-order valence-electron chi connectivity index (χ1n) is 9.97. The van der Waals surface area contributed by atoms with Crippen molar-refractivity contribution >= 4 is 21.6 Å². The zero-order chi connectivity index (χ0) is 19.2. The van der Waals surface area contributed by atoms with Gasteiger partial charge in [0, 0.05) is 25.3 Å². The smallest absolute Gasteiger partial charge is 0.243 e. The van der Waals surface area contributed by atoms with Gasteiger partial charge < -0.3 is 10.2 Å². The number of fused-ring (bicyclic) bond motifs is 1. The van der Waals surface area contributed by atoms with Crippen LogP contribution >= 0.6 is 0 Å². The molecule has 0 saturated carbocycles. The van der Waals surface area contributed by atoms with Gasteiger partial charge >= 0.3 is 0 Å². The molecule has 0 unspecified atom stereocenters. The highest BCUT2D eigenvalue weighted by Crippen LogP contribution is 2.39. The van der Waals surface area contributed by atoms with Crippen molar-refractivity contribution in [3.8, 4) is 0 Å². The van der Waals surface area contributed by atoms with E-state index in [1.165, 1.54) is 19.3 Å². The van der Waals surface area contributed by atoms with Crippen LogP contribution in [0.2, 0.25) is 0 Å². The van der Waals surface area contributed by atoms with Gasteiger partial charge in [-0.05, 0) is 75.9 Å². The van der Waals surface area contributed by atoms with Gasteiger partial charge in [-0.25, -0.2) is 8.42 Å². The molecule has 1 amide bonds. The van der Waals surface area contributed by atoms with Crippen molar-refractivity contribution in [3.63, 3.8) is 0 Å². The summed E-state index contributed by atoms with van der Waals surface area (Å²) >= 11 is 0. The van der Waals surface area contributed by atoms with Crippen LogP contribution in [0, 0.1) is 5.92 Å². The largest absolute Gasteiger partial charge is 0.325 e. The second-order valence-corrected chi connectivity index (χ2v) is 10.6. The lowest BCUT2D eigenvalue weighted by Gasteiger charge is -2.29. The molecule has 27 heavy (non-hydrogen) atoms. The summed E-state index contributed by atoms with van der Waals surface area (Å²) in [7, 11) is -3.53. The van der Waals surface area contributed by atoms with Gasteiger partial charge in [0.1, 0.15) is 0 Å². The molecule has 1 aromatic rings. The first-order valence-corrected chi connectivity index (χ1v) is 11.4. The van der Waals surface area contributed by atoms with Crippen molar-refractivity contribution < 1.29 is 13.2 Å². The van der Waals surface area contributed by atoms with E-state index < -0.39 is 15.4 Å². The predicted octanol–water partition coefficient (Wildman–Crippen LogP) is 2.41. The molecule has 3 aliphatic rings. The van der Waals surface area contributed by atoms with Crippen LogP contribution in [0.3, 0.4) is 0 Å². The number of carbonyl (C=O) groups is 1. The SMILES string of the molecule is CC1(C)C(=O)Nc2ccc(S(=O)(=O)N3CC[C@@H](CN4CCCCC4)C3)cc21. The Morgan fingerprint density at radius 2 is 1.89 bits per heavy atom. The van der Waals surface area contributed by atoms with E-state index in [0.717, 1.165) is 31.6 Å². The lowest BCUT2D eigenvalue weighted by atomic mass is 9.86. The van der Waals surface area contributed by atoms with Gasteiger partial charge in [0.15, 0.2) is 0 Å². The Morgan fingerprint density at radius 1 is 1.15 bits per heavy atom. The maximum atomic E-state index is 13.2. The molecule has 0 radical (unpaired) electrons. The van der Waals surface area contributed by atoms with Crippen LogP contribution in [0.25, 0.3) is 0 Å². The fraction of sp³-hybridized carbons (Fsp3) is 0.650.